The first-order valence-electron chi connectivity index (χ1n) is 15.7. The van der Waals surface area contributed by atoms with Crippen LogP contribution < -0.4 is 0 Å². The zero-order chi connectivity index (χ0) is 30.5. The maximum atomic E-state index is 10.3. The van der Waals surface area contributed by atoms with Gasteiger partial charge in [-0.2, -0.15) is 0 Å². The first-order chi connectivity index (χ1) is 18.2. The van der Waals surface area contributed by atoms with Crippen molar-refractivity contribution in [1.29, 1.82) is 0 Å². The summed E-state index contributed by atoms with van der Waals surface area (Å²) in [6, 6.07) is 1.17. The van der Waals surface area contributed by atoms with Crippen molar-refractivity contribution in [3.05, 3.63) is 0 Å². The van der Waals surface area contributed by atoms with Crippen LogP contribution in [-0.4, -0.2) is 118 Å². The van der Waals surface area contributed by atoms with Crippen LogP contribution in [0.1, 0.15) is 109 Å². The zero-order valence-electron chi connectivity index (χ0n) is 28.0. The highest BCUT2D eigenvalue weighted by atomic mass is 16.5. The molecule has 0 aromatic carbocycles. The van der Waals surface area contributed by atoms with Crippen molar-refractivity contribution in [3.63, 3.8) is 0 Å². The molecule has 2 N–H and O–H groups in total. The van der Waals surface area contributed by atoms with Crippen LogP contribution in [0.3, 0.4) is 0 Å². The SMILES string of the molecule is CC(CC(C)(C)OCC(O)CN1CC1C)OC(C)(C)CCC(C)(C)OC(C)CC(C)(C)OCC(O)CN1CC1C. The molecule has 8 nitrogen and oxygen atoms in total. The number of rotatable bonds is 21. The van der Waals surface area contributed by atoms with Gasteiger partial charge in [0.05, 0.1) is 60.0 Å². The molecule has 40 heavy (non-hydrogen) atoms. The molecule has 0 aromatic rings. The molecular formula is C32H64N2O6. The molecule has 0 saturated carbocycles. The third-order valence-electron chi connectivity index (χ3n) is 8.13. The van der Waals surface area contributed by atoms with Gasteiger partial charge in [0.2, 0.25) is 0 Å². The second-order valence-electron chi connectivity index (χ2n) is 15.3. The van der Waals surface area contributed by atoms with Crippen LogP contribution in [0, 0.1) is 0 Å². The van der Waals surface area contributed by atoms with Crippen molar-refractivity contribution in [2.75, 3.05) is 39.4 Å². The molecule has 2 saturated heterocycles. The Kier molecular flexibility index (Phi) is 12.9. The summed E-state index contributed by atoms with van der Waals surface area (Å²) in [4.78, 5) is 4.49. The Balaban J connectivity index is 1.69. The average molecular weight is 573 g/mol. The fraction of sp³-hybridized carbons (Fsp3) is 1.00. The van der Waals surface area contributed by atoms with Gasteiger partial charge >= 0.3 is 0 Å². The van der Waals surface area contributed by atoms with E-state index < -0.39 is 12.2 Å². The van der Waals surface area contributed by atoms with E-state index in [0.717, 1.165) is 38.8 Å². The predicted octanol–water partition coefficient (Wildman–Crippen LogP) is 4.63. The Morgan fingerprint density at radius 1 is 0.625 bits per heavy atom. The molecule has 0 amide bonds. The van der Waals surface area contributed by atoms with Crippen LogP contribution in [0.25, 0.3) is 0 Å². The molecule has 238 valence electrons. The van der Waals surface area contributed by atoms with Crippen molar-refractivity contribution in [2.24, 2.45) is 0 Å². The van der Waals surface area contributed by atoms with Gasteiger partial charge in [-0.3, -0.25) is 9.80 Å². The van der Waals surface area contributed by atoms with E-state index >= 15 is 0 Å². The summed E-state index contributed by atoms with van der Waals surface area (Å²) in [7, 11) is 0. The van der Waals surface area contributed by atoms with Gasteiger partial charge < -0.3 is 29.2 Å². The predicted molar refractivity (Wildman–Crippen MR) is 162 cm³/mol. The molecule has 0 aromatic heterocycles. The van der Waals surface area contributed by atoms with Crippen LogP contribution in [0.2, 0.25) is 0 Å². The molecule has 2 aliphatic rings. The van der Waals surface area contributed by atoms with E-state index in [0.29, 0.717) is 38.4 Å². The minimum Gasteiger partial charge on any atom is -0.389 e. The number of hydrogen-bond acceptors (Lipinski definition) is 8. The van der Waals surface area contributed by atoms with Gasteiger partial charge in [-0.05, 0) is 95.9 Å². The molecule has 0 bridgehead atoms. The quantitative estimate of drug-likeness (QED) is 0.193. The standard InChI is InChI=1S/C32H64N2O6/c1-23-17-33(23)19-27(35)21-37-31(9,10)15-25(3)39-29(5,6)13-14-30(7,8)40-26(4)16-32(11,12)38-22-28(36)20-34-18-24(34)2/h23-28,35-36H,13-22H2,1-12H3. The van der Waals surface area contributed by atoms with Crippen LogP contribution in [-0.2, 0) is 18.9 Å². The highest BCUT2D eigenvalue weighted by molar-refractivity contribution is 4.88. The van der Waals surface area contributed by atoms with Gasteiger partial charge in [-0.15, -0.1) is 0 Å². The fourth-order valence-corrected chi connectivity index (χ4v) is 5.78. The largest absolute Gasteiger partial charge is 0.389 e. The topological polar surface area (TPSA) is 83.4 Å². The smallest absolute Gasteiger partial charge is 0.0900 e. The number of aliphatic hydroxyl groups is 2. The molecule has 2 aliphatic heterocycles. The molecule has 0 aliphatic carbocycles. The van der Waals surface area contributed by atoms with Crippen molar-refractivity contribution in [1.82, 2.24) is 9.80 Å². The second-order valence-corrected chi connectivity index (χ2v) is 15.3. The molecule has 2 rings (SSSR count). The van der Waals surface area contributed by atoms with Crippen LogP contribution in [0.4, 0.5) is 0 Å². The minimum atomic E-state index is -0.459. The summed E-state index contributed by atoms with van der Waals surface area (Å²) in [5, 5.41) is 20.6. The van der Waals surface area contributed by atoms with E-state index in [1.807, 2.05) is 0 Å². The molecule has 2 fully saturated rings. The third kappa shape index (κ3) is 14.7. The van der Waals surface area contributed by atoms with Crippen molar-refractivity contribution >= 4 is 0 Å². The zero-order valence-corrected chi connectivity index (χ0v) is 28.0. The van der Waals surface area contributed by atoms with Crippen LogP contribution in [0.5, 0.6) is 0 Å². The first kappa shape index (κ1) is 35.9. The third-order valence-corrected chi connectivity index (χ3v) is 8.13. The number of nitrogens with zero attached hydrogens (tertiary/aromatic N) is 2. The Morgan fingerprint density at radius 2 is 0.925 bits per heavy atom. The molecule has 2 heterocycles. The molecule has 0 radical (unpaired) electrons. The van der Waals surface area contributed by atoms with E-state index in [4.69, 9.17) is 18.9 Å². The van der Waals surface area contributed by atoms with Gasteiger partial charge in [0.15, 0.2) is 0 Å². The Labute approximate surface area is 246 Å². The highest BCUT2D eigenvalue weighted by Crippen LogP contribution is 2.31. The van der Waals surface area contributed by atoms with Crippen molar-refractivity contribution in [2.45, 2.75) is 168 Å². The number of β-amino-alcohol motifs (C(OH)–C–C–N with tert-alkyl or cyclic N) is 2. The Hall–Kier alpha value is -0.320. The molecule has 8 unspecified atom stereocenters. The lowest BCUT2D eigenvalue weighted by atomic mass is 9.92. The summed E-state index contributed by atoms with van der Waals surface area (Å²) in [5.74, 6) is 0. The van der Waals surface area contributed by atoms with E-state index in [1.165, 1.54) is 0 Å². The van der Waals surface area contributed by atoms with Gasteiger partial charge in [0.25, 0.3) is 0 Å². The number of ether oxygens (including phenoxy) is 4. The Morgan fingerprint density at radius 3 is 1.20 bits per heavy atom. The Bertz CT molecular complexity index is 696. The van der Waals surface area contributed by atoms with Gasteiger partial charge in [-0.1, -0.05) is 0 Å². The maximum absolute atomic E-state index is 10.3. The highest BCUT2D eigenvalue weighted by Gasteiger charge is 2.35. The molecular weight excluding hydrogens is 508 g/mol. The van der Waals surface area contributed by atoms with E-state index in [-0.39, 0.29) is 34.6 Å². The second kappa shape index (κ2) is 14.4. The number of hydrogen-bond donors (Lipinski definition) is 2. The van der Waals surface area contributed by atoms with Crippen LogP contribution in [0.15, 0.2) is 0 Å². The van der Waals surface area contributed by atoms with E-state index in [1.54, 1.807) is 0 Å². The van der Waals surface area contributed by atoms with Crippen molar-refractivity contribution < 1.29 is 29.2 Å². The molecule has 8 heteroatoms. The lowest BCUT2D eigenvalue weighted by Gasteiger charge is -2.38. The molecule has 8 atom stereocenters. The van der Waals surface area contributed by atoms with Crippen LogP contribution >= 0.6 is 0 Å². The average Bonchev–Trinajstić information content (AvgIpc) is 3.66. The molecule has 0 spiro atoms. The summed E-state index contributed by atoms with van der Waals surface area (Å²) >= 11 is 0. The lowest BCUT2D eigenvalue weighted by Crippen LogP contribution is -2.40. The number of aliphatic hydroxyl groups excluding tert-OH is 2. The summed E-state index contributed by atoms with van der Waals surface area (Å²) in [5.41, 5.74) is -1.36. The summed E-state index contributed by atoms with van der Waals surface area (Å²) < 4.78 is 25.2. The van der Waals surface area contributed by atoms with Gasteiger partial charge in [-0.25, -0.2) is 0 Å². The monoisotopic (exact) mass is 572 g/mol. The first-order valence-corrected chi connectivity index (χ1v) is 15.7. The normalized spacial score (nSPS) is 26.9. The minimum absolute atomic E-state index is 0.0190. The maximum Gasteiger partial charge on any atom is 0.0900 e. The lowest BCUT2D eigenvalue weighted by molar-refractivity contribution is -0.139. The fourth-order valence-electron chi connectivity index (χ4n) is 5.78. The van der Waals surface area contributed by atoms with E-state index in [2.05, 4.69) is 92.9 Å². The van der Waals surface area contributed by atoms with Gasteiger partial charge in [0.1, 0.15) is 0 Å². The summed E-state index contributed by atoms with van der Waals surface area (Å²) in [6.45, 7) is 29.6. The summed E-state index contributed by atoms with van der Waals surface area (Å²) in [6.07, 6.45) is 2.36. The van der Waals surface area contributed by atoms with Crippen molar-refractivity contribution in [3.8, 4) is 0 Å². The van der Waals surface area contributed by atoms with Gasteiger partial charge in [0, 0.05) is 51.1 Å². The van der Waals surface area contributed by atoms with E-state index in [9.17, 15) is 10.2 Å².